The third-order valence-corrected chi connectivity index (χ3v) is 7.36. The SMILES string of the molecule is CC(=O)Cc1cccc(CCCc2nc3cc(C(=O)N(C)Cc4ccc(F)cc4)ccc3nc2-c2ccc(Cl)cc2)c1. The van der Waals surface area contributed by atoms with Crippen LogP contribution in [0.4, 0.5) is 4.39 Å². The number of hydrogen-bond acceptors (Lipinski definition) is 4. The summed E-state index contributed by atoms with van der Waals surface area (Å²) in [4.78, 5) is 36.4. The predicted molar refractivity (Wildman–Crippen MR) is 165 cm³/mol. The van der Waals surface area contributed by atoms with E-state index < -0.39 is 0 Å². The van der Waals surface area contributed by atoms with Crippen molar-refractivity contribution in [2.24, 2.45) is 0 Å². The van der Waals surface area contributed by atoms with E-state index in [2.05, 4.69) is 12.1 Å². The van der Waals surface area contributed by atoms with E-state index in [1.807, 2.05) is 42.5 Å². The Labute approximate surface area is 250 Å². The van der Waals surface area contributed by atoms with Gasteiger partial charge in [-0.3, -0.25) is 9.59 Å². The first kappa shape index (κ1) is 29.1. The summed E-state index contributed by atoms with van der Waals surface area (Å²) in [7, 11) is 1.72. The van der Waals surface area contributed by atoms with Crippen LogP contribution in [0.1, 0.15) is 46.1 Å². The summed E-state index contributed by atoms with van der Waals surface area (Å²) in [5, 5.41) is 0.646. The van der Waals surface area contributed by atoms with Gasteiger partial charge in [-0.25, -0.2) is 14.4 Å². The molecule has 0 aliphatic rings. The molecule has 0 N–H and O–H groups in total. The highest BCUT2D eigenvalue weighted by Gasteiger charge is 2.16. The maximum Gasteiger partial charge on any atom is 0.253 e. The first-order valence-electron chi connectivity index (χ1n) is 13.9. The minimum atomic E-state index is -0.309. The van der Waals surface area contributed by atoms with E-state index in [0.29, 0.717) is 41.0 Å². The molecule has 0 aliphatic heterocycles. The van der Waals surface area contributed by atoms with Gasteiger partial charge in [0.05, 0.1) is 22.4 Å². The lowest BCUT2D eigenvalue weighted by Gasteiger charge is -2.18. The predicted octanol–water partition coefficient (Wildman–Crippen LogP) is 7.67. The molecule has 5 nitrogen and oxygen atoms in total. The fraction of sp³-hybridized carbons (Fsp3) is 0.200. The molecule has 42 heavy (non-hydrogen) atoms. The number of Topliss-reactive ketones (excluding diaryl/α,β-unsaturated/α-hetero) is 1. The van der Waals surface area contributed by atoms with Gasteiger partial charge in [0, 0.05) is 36.2 Å². The van der Waals surface area contributed by atoms with Crippen LogP contribution in [0.15, 0.2) is 91.0 Å². The van der Waals surface area contributed by atoms with Crippen LogP contribution >= 0.6 is 11.6 Å². The standard InChI is InChI=1S/C35H31ClFN3O2/c1-23(41)19-26-7-3-5-24(20-26)6-4-8-32-34(27-11-14-29(36)15-12-27)39-31-18-13-28(21-33(31)38-32)35(42)40(2)22-25-9-16-30(37)17-10-25/h3,5,7,9-18,20-21H,4,6,8,19,22H2,1-2H3. The maximum atomic E-state index is 13.3. The van der Waals surface area contributed by atoms with E-state index in [9.17, 15) is 14.0 Å². The minimum Gasteiger partial charge on any atom is -0.337 e. The molecule has 4 aromatic carbocycles. The third kappa shape index (κ3) is 7.25. The van der Waals surface area contributed by atoms with Crippen LogP contribution in [0.2, 0.25) is 5.02 Å². The Morgan fingerprint density at radius 2 is 1.55 bits per heavy atom. The van der Waals surface area contributed by atoms with Gasteiger partial charge in [0.2, 0.25) is 0 Å². The van der Waals surface area contributed by atoms with Crippen LogP contribution in [0.5, 0.6) is 0 Å². The number of aromatic nitrogens is 2. The van der Waals surface area contributed by atoms with Crippen molar-refractivity contribution >= 4 is 34.3 Å². The van der Waals surface area contributed by atoms with Gasteiger partial charge in [-0.1, -0.05) is 60.1 Å². The quantitative estimate of drug-likeness (QED) is 0.170. The van der Waals surface area contributed by atoms with Crippen molar-refractivity contribution in [3.05, 3.63) is 130 Å². The zero-order chi connectivity index (χ0) is 29.6. The molecule has 0 atom stereocenters. The van der Waals surface area contributed by atoms with Gasteiger partial charge < -0.3 is 4.90 Å². The number of carbonyl (C=O) groups is 2. The molecule has 212 valence electrons. The van der Waals surface area contributed by atoms with E-state index in [1.54, 1.807) is 43.1 Å². The summed E-state index contributed by atoms with van der Waals surface area (Å²) in [5.74, 6) is -0.321. The number of hydrogen-bond donors (Lipinski definition) is 0. The van der Waals surface area contributed by atoms with Crippen LogP contribution in [0, 0.1) is 5.82 Å². The lowest BCUT2D eigenvalue weighted by Crippen LogP contribution is -2.26. The molecule has 0 aliphatic carbocycles. The first-order chi connectivity index (χ1) is 20.2. The van der Waals surface area contributed by atoms with Crippen LogP contribution < -0.4 is 0 Å². The maximum absolute atomic E-state index is 13.3. The lowest BCUT2D eigenvalue weighted by molar-refractivity contribution is -0.116. The van der Waals surface area contributed by atoms with Gasteiger partial charge in [-0.15, -0.1) is 0 Å². The van der Waals surface area contributed by atoms with E-state index in [0.717, 1.165) is 40.9 Å². The van der Waals surface area contributed by atoms with Crippen molar-refractivity contribution in [2.45, 2.75) is 39.2 Å². The number of ketones is 1. The Morgan fingerprint density at radius 3 is 2.29 bits per heavy atom. The van der Waals surface area contributed by atoms with Gasteiger partial charge >= 0.3 is 0 Å². The molecular weight excluding hydrogens is 549 g/mol. The first-order valence-corrected chi connectivity index (χ1v) is 14.3. The van der Waals surface area contributed by atoms with Crippen molar-refractivity contribution in [2.75, 3.05) is 7.05 Å². The molecule has 0 fully saturated rings. The molecule has 5 rings (SSSR count). The Morgan fingerprint density at radius 1 is 0.810 bits per heavy atom. The molecule has 7 heteroatoms. The van der Waals surface area contributed by atoms with E-state index >= 15 is 0 Å². The largest absolute Gasteiger partial charge is 0.337 e. The highest BCUT2D eigenvalue weighted by molar-refractivity contribution is 6.30. The second kappa shape index (κ2) is 13.0. The van der Waals surface area contributed by atoms with Gasteiger partial charge in [-0.05, 0) is 85.3 Å². The average Bonchev–Trinajstić information content (AvgIpc) is 2.97. The number of fused-ring (bicyclic) bond motifs is 1. The molecule has 1 heterocycles. The summed E-state index contributed by atoms with van der Waals surface area (Å²) in [5.41, 5.74) is 7.44. The normalized spacial score (nSPS) is 11.0. The summed E-state index contributed by atoms with van der Waals surface area (Å²) in [6, 6.07) is 27.2. The van der Waals surface area contributed by atoms with Crippen LogP contribution in [0.3, 0.4) is 0 Å². The van der Waals surface area contributed by atoms with Crippen molar-refractivity contribution in [3.8, 4) is 11.3 Å². The number of aryl methyl sites for hydroxylation is 2. The minimum absolute atomic E-state index is 0.144. The van der Waals surface area contributed by atoms with Crippen LogP contribution in [-0.4, -0.2) is 33.6 Å². The van der Waals surface area contributed by atoms with Crippen molar-refractivity contribution < 1.29 is 14.0 Å². The Kier molecular flexibility index (Phi) is 9.03. The number of halogens is 2. The molecule has 0 radical (unpaired) electrons. The van der Waals surface area contributed by atoms with E-state index in [1.165, 1.54) is 17.7 Å². The van der Waals surface area contributed by atoms with Crippen LogP contribution in [0.25, 0.3) is 22.3 Å². The van der Waals surface area contributed by atoms with Gasteiger partial charge in [0.15, 0.2) is 0 Å². The van der Waals surface area contributed by atoms with Gasteiger partial charge in [0.1, 0.15) is 11.6 Å². The van der Waals surface area contributed by atoms with Crippen molar-refractivity contribution in [1.82, 2.24) is 14.9 Å². The number of nitrogens with zero attached hydrogens (tertiary/aromatic N) is 3. The smallest absolute Gasteiger partial charge is 0.253 e. The van der Waals surface area contributed by atoms with Gasteiger partial charge in [0.25, 0.3) is 5.91 Å². The molecule has 1 amide bonds. The summed E-state index contributed by atoms with van der Waals surface area (Å²) in [6.07, 6.45) is 2.78. The highest BCUT2D eigenvalue weighted by atomic mass is 35.5. The monoisotopic (exact) mass is 579 g/mol. The summed E-state index contributed by atoms with van der Waals surface area (Å²) in [6.45, 7) is 1.96. The Balaban J connectivity index is 1.41. The van der Waals surface area contributed by atoms with E-state index in [4.69, 9.17) is 21.6 Å². The lowest BCUT2D eigenvalue weighted by atomic mass is 10.0. The van der Waals surface area contributed by atoms with E-state index in [-0.39, 0.29) is 17.5 Å². The fourth-order valence-corrected chi connectivity index (χ4v) is 5.16. The number of benzene rings is 4. The third-order valence-electron chi connectivity index (χ3n) is 7.10. The molecular formula is C35H31ClFN3O2. The zero-order valence-corrected chi connectivity index (χ0v) is 24.4. The van der Waals surface area contributed by atoms with Crippen molar-refractivity contribution in [3.63, 3.8) is 0 Å². The zero-order valence-electron chi connectivity index (χ0n) is 23.6. The molecule has 0 unspecified atom stereocenters. The number of carbonyl (C=O) groups excluding carboxylic acids is 2. The number of rotatable bonds is 10. The summed E-state index contributed by atoms with van der Waals surface area (Å²) < 4.78 is 13.3. The van der Waals surface area contributed by atoms with Gasteiger partial charge in [-0.2, -0.15) is 0 Å². The van der Waals surface area contributed by atoms with Crippen molar-refractivity contribution in [1.29, 1.82) is 0 Å². The topological polar surface area (TPSA) is 63.2 Å². The second-order valence-corrected chi connectivity index (χ2v) is 11.0. The highest BCUT2D eigenvalue weighted by Crippen LogP contribution is 2.27. The number of amides is 1. The molecule has 0 bridgehead atoms. The molecule has 0 saturated heterocycles. The fourth-order valence-electron chi connectivity index (χ4n) is 5.04. The molecule has 1 aromatic heterocycles. The Hall–Kier alpha value is -4.42. The molecule has 0 saturated carbocycles. The second-order valence-electron chi connectivity index (χ2n) is 10.6. The Bertz CT molecular complexity index is 1740. The average molecular weight is 580 g/mol. The molecule has 5 aromatic rings. The van der Waals surface area contributed by atoms with Crippen LogP contribution in [-0.2, 0) is 30.6 Å². The molecule has 0 spiro atoms. The summed E-state index contributed by atoms with van der Waals surface area (Å²) >= 11 is 6.15.